The SMILES string of the molecule is Cl.FC1=CCNCC1. The molecule has 0 atom stereocenters. The van der Waals surface area contributed by atoms with E-state index in [0.717, 1.165) is 6.54 Å². The Kier molecular flexibility index (Phi) is 3.83. The van der Waals surface area contributed by atoms with Crippen molar-refractivity contribution in [3.05, 3.63) is 11.9 Å². The Morgan fingerprint density at radius 2 is 2.38 bits per heavy atom. The molecule has 0 aromatic heterocycles. The van der Waals surface area contributed by atoms with Crippen LogP contribution in [0.1, 0.15) is 6.42 Å². The molecule has 0 aromatic rings. The highest BCUT2D eigenvalue weighted by molar-refractivity contribution is 5.85. The van der Waals surface area contributed by atoms with Crippen molar-refractivity contribution in [2.45, 2.75) is 6.42 Å². The van der Waals surface area contributed by atoms with Gasteiger partial charge in [0.2, 0.25) is 0 Å². The second-order valence-corrected chi connectivity index (χ2v) is 1.61. The van der Waals surface area contributed by atoms with E-state index in [1.54, 1.807) is 6.08 Å². The summed E-state index contributed by atoms with van der Waals surface area (Å²) in [5.41, 5.74) is 0. The van der Waals surface area contributed by atoms with Gasteiger partial charge in [-0.3, -0.25) is 0 Å². The van der Waals surface area contributed by atoms with Gasteiger partial charge in [0, 0.05) is 19.5 Å². The number of hydrogen-bond donors (Lipinski definition) is 1. The van der Waals surface area contributed by atoms with Crippen molar-refractivity contribution in [1.82, 2.24) is 5.32 Å². The molecule has 0 fully saturated rings. The van der Waals surface area contributed by atoms with Gasteiger partial charge in [-0.25, -0.2) is 4.39 Å². The zero-order valence-electron chi connectivity index (χ0n) is 4.48. The van der Waals surface area contributed by atoms with E-state index < -0.39 is 0 Å². The molecule has 1 heterocycles. The summed E-state index contributed by atoms with van der Waals surface area (Å²) in [6.07, 6.45) is 2.14. The molecule has 1 N–H and O–H groups in total. The molecule has 1 rings (SSSR count). The largest absolute Gasteiger partial charge is 0.313 e. The number of nitrogens with one attached hydrogen (secondary N) is 1. The minimum Gasteiger partial charge on any atom is -0.313 e. The first-order valence-corrected chi connectivity index (χ1v) is 2.45. The summed E-state index contributed by atoms with van der Waals surface area (Å²) in [6, 6.07) is 0. The van der Waals surface area contributed by atoms with E-state index in [0.29, 0.717) is 13.0 Å². The van der Waals surface area contributed by atoms with Crippen molar-refractivity contribution < 1.29 is 4.39 Å². The molecule has 1 aliphatic rings. The first kappa shape index (κ1) is 7.92. The maximum Gasteiger partial charge on any atom is 0.0985 e. The lowest BCUT2D eigenvalue weighted by molar-refractivity contribution is 0.541. The number of halogens is 2. The average Bonchev–Trinajstić information content (AvgIpc) is 1.69. The predicted molar refractivity (Wildman–Crippen MR) is 33.9 cm³/mol. The van der Waals surface area contributed by atoms with Gasteiger partial charge in [0.1, 0.15) is 0 Å². The molecule has 48 valence electrons. The third kappa shape index (κ3) is 2.28. The zero-order valence-corrected chi connectivity index (χ0v) is 5.30. The normalized spacial score (nSPS) is 18.9. The van der Waals surface area contributed by atoms with Gasteiger partial charge in [0.25, 0.3) is 0 Å². The quantitative estimate of drug-likeness (QED) is 0.530. The Morgan fingerprint density at radius 3 is 2.62 bits per heavy atom. The van der Waals surface area contributed by atoms with E-state index in [2.05, 4.69) is 5.32 Å². The van der Waals surface area contributed by atoms with Crippen LogP contribution in [0.4, 0.5) is 4.39 Å². The highest BCUT2D eigenvalue weighted by Crippen LogP contribution is 2.02. The van der Waals surface area contributed by atoms with Crippen molar-refractivity contribution in [3.63, 3.8) is 0 Å². The monoisotopic (exact) mass is 137 g/mol. The highest BCUT2D eigenvalue weighted by Gasteiger charge is 1.97. The molecule has 0 aliphatic carbocycles. The second-order valence-electron chi connectivity index (χ2n) is 1.61. The molecular weight excluding hydrogens is 129 g/mol. The summed E-state index contributed by atoms with van der Waals surface area (Å²) in [7, 11) is 0. The maximum absolute atomic E-state index is 12.0. The van der Waals surface area contributed by atoms with E-state index >= 15 is 0 Å². The van der Waals surface area contributed by atoms with E-state index in [-0.39, 0.29) is 18.2 Å². The average molecular weight is 138 g/mol. The van der Waals surface area contributed by atoms with Gasteiger partial charge in [-0.05, 0) is 6.08 Å². The molecule has 1 nitrogen and oxygen atoms in total. The summed E-state index contributed by atoms with van der Waals surface area (Å²) < 4.78 is 12.0. The fourth-order valence-electron chi connectivity index (χ4n) is 0.595. The summed E-state index contributed by atoms with van der Waals surface area (Å²) in [5.74, 6) is 0.0266. The van der Waals surface area contributed by atoms with Crippen LogP contribution in [0.3, 0.4) is 0 Å². The van der Waals surface area contributed by atoms with Crippen LogP contribution in [0.5, 0.6) is 0 Å². The first-order chi connectivity index (χ1) is 3.39. The van der Waals surface area contributed by atoms with Crippen LogP contribution in [-0.4, -0.2) is 13.1 Å². The summed E-state index contributed by atoms with van der Waals surface area (Å²) >= 11 is 0. The second kappa shape index (κ2) is 3.87. The topological polar surface area (TPSA) is 12.0 Å². The van der Waals surface area contributed by atoms with Gasteiger partial charge >= 0.3 is 0 Å². The Bertz CT molecular complexity index is 92.4. The van der Waals surface area contributed by atoms with Crippen LogP contribution >= 0.6 is 12.4 Å². The Balaban J connectivity index is 0.000000490. The standard InChI is InChI=1S/C5H8FN.ClH/c6-5-1-3-7-4-2-5;/h1,7H,2-4H2;1H. The van der Waals surface area contributed by atoms with Crippen molar-refractivity contribution in [1.29, 1.82) is 0 Å². The van der Waals surface area contributed by atoms with E-state index in [4.69, 9.17) is 0 Å². The van der Waals surface area contributed by atoms with E-state index in [1.165, 1.54) is 0 Å². The number of rotatable bonds is 0. The van der Waals surface area contributed by atoms with Crippen LogP contribution in [0.25, 0.3) is 0 Å². The van der Waals surface area contributed by atoms with E-state index in [1.807, 2.05) is 0 Å². The van der Waals surface area contributed by atoms with Crippen LogP contribution < -0.4 is 5.32 Å². The fraction of sp³-hybridized carbons (Fsp3) is 0.600. The van der Waals surface area contributed by atoms with Crippen molar-refractivity contribution in [2.24, 2.45) is 0 Å². The highest BCUT2D eigenvalue weighted by atomic mass is 35.5. The molecule has 3 heteroatoms. The van der Waals surface area contributed by atoms with Gasteiger partial charge in [-0.2, -0.15) is 0 Å². The van der Waals surface area contributed by atoms with Gasteiger partial charge < -0.3 is 5.32 Å². The molecule has 0 saturated heterocycles. The van der Waals surface area contributed by atoms with Gasteiger partial charge in [0.05, 0.1) is 5.83 Å². The first-order valence-electron chi connectivity index (χ1n) is 2.45. The number of hydrogen-bond acceptors (Lipinski definition) is 1. The predicted octanol–water partition coefficient (Wildman–Crippen LogP) is 1.25. The lowest BCUT2D eigenvalue weighted by atomic mass is 10.3. The van der Waals surface area contributed by atoms with Crippen LogP contribution in [0.2, 0.25) is 0 Å². The minimum absolute atomic E-state index is 0. The van der Waals surface area contributed by atoms with Gasteiger partial charge in [-0.15, -0.1) is 12.4 Å². The molecule has 0 radical (unpaired) electrons. The fourth-order valence-corrected chi connectivity index (χ4v) is 0.595. The summed E-state index contributed by atoms with van der Waals surface area (Å²) in [4.78, 5) is 0. The van der Waals surface area contributed by atoms with Crippen LogP contribution in [0.15, 0.2) is 11.9 Å². The van der Waals surface area contributed by atoms with Crippen molar-refractivity contribution in [2.75, 3.05) is 13.1 Å². The molecular formula is C5H9ClFN. The van der Waals surface area contributed by atoms with Crippen LogP contribution in [0, 0.1) is 0 Å². The maximum atomic E-state index is 12.0. The molecule has 0 spiro atoms. The zero-order chi connectivity index (χ0) is 5.11. The third-order valence-electron chi connectivity index (χ3n) is 1.01. The minimum atomic E-state index is 0. The molecule has 1 aliphatic heterocycles. The van der Waals surface area contributed by atoms with Crippen molar-refractivity contribution in [3.8, 4) is 0 Å². The summed E-state index contributed by atoms with van der Waals surface area (Å²) in [6.45, 7) is 1.49. The Hall–Kier alpha value is -0.0800. The lowest BCUT2D eigenvalue weighted by Gasteiger charge is -2.05. The molecule has 0 bridgehead atoms. The van der Waals surface area contributed by atoms with Crippen LogP contribution in [-0.2, 0) is 0 Å². The molecule has 0 saturated carbocycles. The molecule has 8 heavy (non-hydrogen) atoms. The van der Waals surface area contributed by atoms with E-state index in [9.17, 15) is 4.39 Å². The lowest BCUT2D eigenvalue weighted by Crippen LogP contribution is -2.19. The third-order valence-corrected chi connectivity index (χ3v) is 1.01. The summed E-state index contributed by atoms with van der Waals surface area (Å²) in [5, 5.41) is 3.00. The molecule has 0 unspecified atom stereocenters. The van der Waals surface area contributed by atoms with Gasteiger partial charge in [-0.1, -0.05) is 0 Å². The smallest absolute Gasteiger partial charge is 0.0985 e. The Morgan fingerprint density at radius 1 is 1.62 bits per heavy atom. The van der Waals surface area contributed by atoms with Crippen molar-refractivity contribution >= 4 is 12.4 Å². The molecule has 0 amide bonds. The Labute approximate surface area is 54.4 Å². The van der Waals surface area contributed by atoms with Gasteiger partial charge in [0.15, 0.2) is 0 Å². The molecule has 0 aromatic carbocycles.